The Balaban J connectivity index is 0.00000196. The van der Waals surface area contributed by atoms with Crippen LogP contribution in [-0.2, 0) is 27.2 Å². The zero-order valence-corrected chi connectivity index (χ0v) is 11.1. The molecule has 0 aliphatic carbocycles. The van der Waals surface area contributed by atoms with Crippen molar-refractivity contribution in [3.8, 4) is 0 Å². The largest absolute Gasteiger partial charge is 1.00 e. The molecule has 6 heteroatoms. The minimum atomic E-state index is -1.30. The summed E-state index contributed by atoms with van der Waals surface area (Å²) < 4.78 is 0.779. The van der Waals surface area contributed by atoms with E-state index in [2.05, 4.69) is 5.32 Å². The van der Waals surface area contributed by atoms with E-state index in [-0.39, 0.29) is 22.4 Å². The first-order valence-electron chi connectivity index (χ1n) is 3.84. The number of halogens is 1. The zero-order valence-electron chi connectivity index (χ0n) is 7.42. The van der Waals surface area contributed by atoms with E-state index in [1.165, 1.54) is 0 Å². The summed E-state index contributed by atoms with van der Waals surface area (Å²) in [6.07, 6.45) is 0. The Morgan fingerprint density at radius 1 is 1.33 bits per heavy atom. The number of rotatable bonds is 3. The fourth-order valence-electron chi connectivity index (χ4n) is 0.893. The number of benzene rings is 1. The molecule has 1 N–H and O–H groups in total. The van der Waals surface area contributed by atoms with Crippen LogP contribution in [0.15, 0.2) is 24.3 Å². The van der Waals surface area contributed by atoms with Gasteiger partial charge in [-0.2, -0.15) is 0 Å². The number of nitrogens with one attached hydrogen (secondary N) is 1. The fraction of sp³-hybridized carbons (Fsp3) is 0.111. The Kier molecular flexibility index (Phi) is 6.82. The maximum atomic E-state index is 11.4. The van der Waals surface area contributed by atoms with Gasteiger partial charge in [-0.3, -0.25) is 4.79 Å². The molecule has 84 valence electrons. The van der Waals surface area contributed by atoms with E-state index < -0.39 is 18.4 Å². The van der Waals surface area contributed by atoms with Crippen LogP contribution in [0.2, 0.25) is 0 Å². The van der Waals surface area contributed by atoms with Gasteiger partial charge in [-0.1, -0.05) is 12.1 Å². The molecule has 0 bridgehead atoms. The maximum absolute atomic E-state index is 11.4. The van der Waals surface area contributed by atoms with Crippen molar-refractivity contribution in [1.82, 2.24) is 5.32 Å². The van der Waals surface area contributed by atoms with E-state index in [0.29, 0.717) is 5.56 Å². The van der Waals surface area contributed by atoms with Gasteiger partial charge in [-0.05, 0) is 34.7 Å². The molecule has 1 rings (SSSR count). The Hall–Kier alpha value is -0.370. The van der Waals surface area contributed by atoms with Crippen LogP contribution >= 0.6 is 22.6 Å². The summed E-state index contributed by atoms with van der Waals surface area (Å²) in [6, 6.07) is 6.92. The topological polar surface area (TPSA) is 69.2 Å². The summed E-state index contributed by atoms with van der Waals surface area (Å²) in [5, 5.41) is 12.3. The molecule has 0 unspecified atom stereocenters. The van der Waals surface area contributed by atoms with Crippen LogP contribution < -0.4 is 10.4 Å². The van der Waals surface area contributed by atoms with Crippen molar-refractivity contribution in [3.05, 3.63) is 33.4 Å². The van der Waals surface area contributed by atoms with E-state index in [4.69, 9.17) is 0 Å². The van der Waals surface area contributed by atoms with Gasteiger partial charge in [0.25, 0.3) is 5.91 Å². The number of carboxylic acids is 1. The van der Waals surface area contributed by atoms with Crippen LogP contribution in [0, 0.1) is 3.57 Å². The average Bonchev–Trinajstić information content (AvgIpc) is 2.15. The second-order valence-corrected chi connectivity index (χ2v) is 3.70. The minimum absolute atomic E-state index is 0. The van der Waals surface area contributed by atoms with Crippen molar-refractivity contribution in [2.45, 2.75) is 0 Å². The molecule has 0 saturated carbocycles. The molecule has 0 atom stereocenters. The molecular formula is C9H7AgINO3. The van der Waals surface area contributed by atoms with Crippen LogP contribution in [0.1, 0.15) is 10.4 Å². The Morgan fingerprint density at radius 3 is 2.47 bits per heavy atom. The smallest absolute Gasteiger partial charge is 0.548 e. The van der Waals surface area contributed by atoms with Crippen molar-refractivity contribution < 1.29 is 37.1 Å². The van der Waals surface area contributed by atoms with Gasteiger partial charge < -0.3 is 15.2 Å². The normalized spacial score (nSPS) is 8.87. The summed E-state index contributed by atoms with van der Waals surface area (Å²) in [7, 11) is 0. The minimum Gasteiger partial charge on any atom is -0.548 e. The molecule has 4 nitrogen and oxygen atoms in total. The van der Waals surface area contributed by atoms with E-state index in [9.17, 15) is 14.7 Å². The first-order chi connectivity index (χ1) is 6.61. The van der Waals surface area contributed by atoms with Gasteiger partial charge in [-0.15, -0.1) is 0 Å². The number of carboxylic acid groups (broad SMARTS) is 1. The Labute approximate surface area is 116 Å². The van der Waals surface area contributed by atoms with E-state index in [1.807, 2.05) is 22.6 Å². The summed E-state index contributed by atoms with van der Waals surface area (Å²) in [6.45, 7) is -0.468. The number of amides is 1. The second kappa shape index (κ2) is 7.00. The third kappa shape index (κ3) is 4.78. The summed E-state index contributed by atoms with van der Waals surface area (Å²) in [4.78, 5) is 21.5. The molecule has 1 amide bonds. The number of hydrogen-bond donors (Lipinski definition) is 1. The SMILES string of the molecule is O=C([O-])CNC(=O)c1ccccc1I.[Ag+]. The Bertz CT molecular complexity index is 370. The molecule has 0 spiro atoms. The third-order valence-corrected chi connectivity index (χ3v) is 2.45. The number of carbonyl (C=O) groups is 2. The summed E-state index contributed by atoms with van der Waals surface area (Å²) in [5.41, 5.74) is 0.467. The van der Waals surface area contributed by atoms with Crippen molar-refractivity contribution in [2.75, 3.05) is 6.54 Å². The molecule has 0 aromatic heterocycles. The number of aliphatic carboxylic acids is 1. The van der Waals surface area contributed by atoms with Crippen molar-refractivity contribution in [2.24, 2.45) is 0 Å². The van der Waals surface area contributed by atoms with Gasteiger partial charge in [0.1, 0.15) is 0 Å². The molecule has 0 fully saturated rings. The zero-order chi connectivity index (χ0) is 10.6. The van der Waals surface area contributed by atoms with Gasteiger partial charge in [0.05, 0.1) is 18.1 Å². The van der Waals surface area contributed by atoms with Crippen LogP contribution in [0.25, 0.3) is 0 Å². The summed E-state index contributed by atoms with van der Waals surface area (Å²) >= 11 is 2.01. The molecule has 0 saturated heterocycles. The first-order valence-corrected chi connectivity index (χ1v) is 4.91. The monoisotopic (exact) mass is 411 g/mol. The van der Waals surface area contributed by atoms with Gasteiger partial charge >= 0.3 is 22.4 Å². The van der Waals surface area contributed by atoms with Gasteiger partial charge in [0.2, 0.25) is 0 Å². The third-order valence-electron chi connectivity index (χ3n) is 1.51. The van der Waals surface area contributed by atoms with Crippen LogP contribution in [0.4, 0.5) is 0 Å². The molecule has 0 aliphatic heterocycles. The molecule has 1 aromatic carbocycles. The number of carbonyl (C=O) groups excluding carboxylic acids is 2. The van der Waals surface area contributed by atoms with Crippen molar-refractivity contribution in [3.63, 3.8) is 0 Å². The van der Waals surface area contributed by atoms with E-state index >= 15 is 0 Å². The van der Waals surface area contributed by atoms with Crippen LogP contribution in [0.3, 0.4) is 0 Å². The summed E-state index contributed by atoms with van der Waals surface area (Å²) in [5.74, 6) is -1.71. The predicted octanol–water partition coefficient (Wildman–Crippen LogP) is -0.232. The second-order valence-electron chi connectivity index (χ2n) is 2.53. The van der Waals surface area contributed by atoms with Gasteiger partial charge in [-0.25, -0.2) is 0 Å². The van der Waals surface area contributed by atoms with Crippen molar-refractivity contribution >= 4 is 34.5 Å². The van der Waals surface area contributed by atoms with E-state index in [1.54, 1.807) is 24.3 Å². The predicted molar refractivity (Wildman–Crippen MR) is 56.5 cm³/mol. The van der Waals surface area contributed by atoms with E-state index in [0.717, 1.165) is 3.57 Å². The fourth-order valence-corrected chi connectivity index (χ4v) is 1.53. The van der Waals surface area contributed by atoms with Crippen LogP contribution in [-0.4, -0.2) is 18.4 Å². The Morgan fingerprint density at radius 2 is 1.93 bits per heavy atom. The quantitative estimate of drug-likeness (QED) is 0.551. The number of hydrogen-bond acceptors (Lipinski definition) is 3. The molecule has 15 heavy (non-hydrogen) atoms. The maximum Gasteiger partial charge on any atom is 1.00 e. The standard InChI is InChI=1S/C9H8INO3.Ag/c10-7-4-2-1-3-6(7)9(14)11-5-8(12)13;/h1-4H,5H2,(H,11,14)(H,12,13);/q;+1/p-1. The van der Waals surface area contributed by atoms with Gasteiger partial charge in [0.15, 0.2) is 0 Å². The molecule has 0 radical (unpaired) electrons. The molecular weight excluding hydrogens is 405 g/mol. The molecule has 0 aliphatic rings. The van der Waals surface area contributed by atoms with Crippen LogP contribution in [0.5, 0.6) is 0 Å². The first kappa shape index (κ1) is 14.6. The molecule has 0 heterocycles. The van der Waals surface area contributed by atoms with Gasteiger partial charge in [0, 0.05) is 3.57 Å². The average molecular weight is 412 g/mol. The van der Waals surface area contributed by atoms with Crippen molar-refractivity contribution in [1.29, 1.82) is 0 Å². The molecule has 1 aromatic rings.